The number of piperidine rings is 1. The van der Waals surface area contributed by atoms with Gasteiger partial charge in [0.05, 0.1) is 0 Å². The first-order valence-electron chi connectivity index (χ1n) is 8.69. The number of anilines is 1. The van der Waals surface area contributed by atoms with E-state index < -0.39 is 0 Å². The predicted molar refractivity (Wildman–Crippen MR) is 97.7 cm³/mol. The van der Waals surface area contributed by atoms with Gasteiger partial charge in [-0.05, 0) is 43.6 Å². The molecule has 2 aromatic rings. The van der Waals surface area contributed by atoms with Gasteiger partial charge in [0.1, 0.15) is 0 Å². The van der Waals surface area contributed by atoms with Crippen molar-refractivity contribution in [3.8, 4) is 0 Å². The van der Waals surface area contributed by atoms with Crippen LogP contribution in [0.2, 0.25) is 0 Å². The highest BCUT2D eigenvalue weighted by Gasteiger charge is 2.18. The average Bonchev–Trinajstić information content (AvgIpc) is 2.62. The van der Waals surface area contributed by atoms with Gasteiger partial charge in [-0.15, -0.1) is 0 Å². The Labute approximate surface area is 139 Å². The van der Waals surface area contributed by atoms with Crippen LogP contribution >= 0.6 is 0 Å². The van der Waals surface area contributed by atoms with Crippen LogP contribution in [0.4, 0.5) is 5.69 Å². The summed E-state index contributed by atoms with van der Waals surface area (Å²) < 4.78 is 0. The second-order valence-corrected chi connectivity index (χ2v) is 6.28. The van der Waals surface area contributed by atoms with Crippen molar-refractivity contribution in [3.63, 3.8) is 0 Å². The van der Waals surface area contributed by atoms with Crippen molar-refractivity contribution < 1.29 is 0 Å². The third-order valence-corrected chi connectivity index (χ3v) is 4.50. The van der Waals surface area contributed by atoms with Crippen LogP contribution < -0.4 is 10.6 Å². The molecule has 0 amide bonds. The summed E-state index contributed by atoms with van der Waals surface area (Å²) >= 11 is 0. The van der Waals surface area contributed by atoms with Crippen molar-refractivity contribution in [2.45, 2.75) is 25.4 Å². The molecule has 0 spiro atoms. The summed E-state index contributed by atoms with van der Waals surface area (Å²) in [6.45, 7) is 5.48. The standard InChI is InChI=1S/C20H27N3/c1-3-7-18(8-4-1)17-23-15-11-20(12-16-23)22-14-13-21-19-9-5-2-6-10-19/h1-10,20-22H,11-17H2. The van der Waals surface area contributed by atoms with E-state index in [2.05, 4.69) is 70.1 Å². The maximum Gasteiger partial charge on any atom is 0.0340 e. The zero-order valence-corrected chi connectivity index (χ0v) is 13.7. The van der Waals surface area contributed by atoms with E-state index in [1.54, 1.807) is 0 Å². The van der Waals surface area contributed by atoms with E-state index in [0.717, 1.165) is 19.6 Å². The van der Waals surface area contributed by atoms with E-state index in [1.165, 1.54) is 37.2 Å². The molecule has 3 rings (SSSR count). The molecule has 1 aliphatic rings. The van der Waals surface area contributed by atoms with Crippen LogP contribution in [0, 0.1) is 0 Å². The summed E-state index contributed by atoms with van der Waals surface area (Å²) in [7, 11) is 0. The molecule has 122 valence electrons. The maximum atomic E-state index is 3.69. The van der Waals surface area contributed by atoms with Crippen LogP contribution in [0.15, 0.2) is 60.7 Å². The quantitative estimate of drug-likeness (QED) is 0.768. The molecule has 1 fully saturated rings. The Morgan fingerprint density at radius 2 is 1.48 bits per heavy atom. The number of benzene rings is 2. The highest BCUT2D eigenvalue weighted by molar-refractivity contribution is 5.42. The van der Waals surface area contributed by atoms with Crippen LogP contribution in [-0.2, 0) is 6.54 Å². The Morgan fingerprint density at radius 3 is 2.17 bits per heavy atom. The van der Waals surface area contributed by atoms with Crippen LogP contribution in [0.3, 0.4) is 0 Å². The van der Waals surface area contributed by atoms with Crippen LogP contribution in [0.25, 0.3) is 0 Å². The lowest BCUT2D eigenvalue weighted by Gasteiger charge is -2.32. The number of rotatable bonds is 7. The van der Waals surface area contributed by atoms with Gasteiger partial charge in [-0.2, -0.15) is 0 Å². The summed E-state index contributed by atoms with van der Waals surface area (Å²) in [5.74, 6) is 0. The highest BCUT2D eigenvalue weighted by atomic mass is 15.1. The van der Waals surface area contributed by atoms with E-state index in [4.69, 9.17) is 0 Å². The SMILES string of the molecule is c1ccc(CN2CCC(NCCNc3ccccc3)CC2)cc1. The van der Waals surface area contributed by atoms with Gasteiger partial charge >= 0.3 is 0 Å². The molecule has 23 heavy (non-hydrogen) atoms. The lowest BCUT2D eigenvalue weighted by Crippen LogP contribution is -2.43. The fraction of sp³-hybridized carbons (Fsp3) is 0.400. The molecule has 0 radical (unpaired) electrons. The van der Waals surface area contributed by atoms with Gasteiger partial charge in [-0.25, -0.2) is 0 Å². The normalized spacial score (nSPS) is 16.3. The van der Waals surface area contributed by atoms with Crippen molar-refractivity contribution in [3.05, 3.63) is 66.2 Å². The van der Waals surface area contributed by atoms with E-state index in [1.807, 2.05) is 6.07 Å². The molecule has 2 N–H and O–H groups in total. The van der Waals surface area contributed by atoms with Gasteiger partial charge in [0.25, 0.3) is 0 Å². The Balaban J connectivity index is 1.30. The third-order valence-electron chi connectivity index (χ3n) is 4.50. The van der Waals surface area contributed by atoms with Gasteiger partial charge in [-0.1, -0.05) is 48.5 Å². The van der Waals surface area contributed by atoms with Crippen LogP contribution in [0.1, 0.15) is 18.4 Å². The summed E-state index contributed by atoms with van der Waals surface area (Å²) in [5.41, 5.74) is 2.62. The summed E-state index contributed by atoms with van der Waals surface area (Å²) in [6, 6.07) is 21.9. The van der Waals surface area contributed by atoms with E-state index in [-0.39, 0.29) is 0 Å². The van der Waals surface area contributed by atoms with Crippen molar-refractivity contribution in [2.75, 3.05) is 31.5 Å². The minimum absolute atomic E-state index is 0.666. The molecule has 1 aliphatic heterocycles. The number of para-hydroxylation sites is 1. The topological polar surface area (TPSA) is 27.3 Å². The van der Waals surface area contributed by atoms with Crippen molar-refractivity contribution in [1.29, 1.82) is 0 Å². The molecule has 0 aliphatic carbocycles. The Hall–Kier alpha value is -1.84. The number of nitrogens with one attached hydrogen (secondary N) is 2. The predicted octanol–water partition coefficient (Wildman–Crippen LogP) is 3.35. The largest absolute Gasteiger partial charge is 0.384 e. The first kappa shape index (κ1) is 16.0. The maximum absolute atomic E-state index is 3.69. The summed E-state index contributed by atoms with van der Waals surface area (Å²) in [5, 5.41) is 7.14. The van der Waals surface area contributed by atoms with Crippen molar-refractivity contribution in [1.82, 2.24) is 10.2 Å². The highest BCUT2D eigenvalue weighted by Crippen LogP contribution is 2.13. The minimum atomic E-state index is 0.666. The zero-order valence-electron chi connectivity index (χ0n) is 13.7. The molecule has 0 bridgehead atoms. The molecule has 1 saturated heterocycles. The first-order valence-corrected chi connectivity index (χ1v) is 8.69. The lowest BCUT2D eigenvalue weighted by molar-refractivity contribution is 0.191. The second kappa shape index (κ2) is 8.70. The van der Waals surface area contributed by atoms with Gasteiger partial charge in [0.15, 0.2) is 0 Å². The number of hydrogen-bond donors (Lipinski definition) is 2. The molecule has 0 unspecified atom stereocenters. The fourth-order valence-electron chi connectivity index (χ4n) is 3.18. The monoisotopic (exact) mass is 309 g/mol. The van der Waals surface area contributed by atoms with E-state index in [0.29, 0.717) is 6.04 Å². The smallest absolute Gasteiger partial charge is 0.0340 e. The Bertz CT molecular complexity index is 545. The van der Waals surface area contributed by atoms with Crippen LogP contribution in [0.5, 0.6) is 0 Å². The molecule has 0 atom stereocenters. The third kappa shape index (κ3) is 5.38. The van der Waals surface area contributed by atoms with Gasteiger partial charge in [-0.3, -0.25) is 4.90 Å². The van der Waals surface area contributed by atoms with E-state index in [9.17, 15) is 0 Å². The Morgan fingerprint density at radius 1 is 0.826 bits per heavy atom. The molecule has 3 heteroatoms. The molecular weight excluding hydrogens is 282 g/mol. The molecule has 0 aromatic heterocycles. The lowest BCUT2D eigenvalue weighted by atomic mass is 10.0. The number of likely N-dealkylation sites (tertiary alicyclic amines) is 1. The Kier molecular flexibility index (Phi) is 6.07. The van der Waals surface area contributed by atoms with Gasteiger partial charge in [0, 0.05) is 31.4 Å². The minimum Gasteiger partial charge on any atom is -0.384 e. The van der Waals surface area contributed by atoms with E-state index >= 15 is 0 Å². The fourth-order valence-corrected chi connectivity index (χ4v) is 3.18. The molecule has 2 aromatic carbocycles. The molecule has 0 saturated carbocycles. The molecule has 1 heterocycles. The molecule has 3 nitrogen and oxygen atoms in total. The first-order chi connectivity index (χ1) is 11.4. The van der Waals surface area contributed by atoms with Crippen molar-refractivity contribution >= 4 is 5.69 Å². The van der Waals surface area contributed by atoms with Gasteiger partial charge in [0.2, 0.25) is 0 Å². The van der Waals surface area contributed by atoms with Crippen LogP contribution in [-0.4, -0.2) is 37.1 Å². The van der Waals surface area contributed by atoms with Gasteiger partial charge < -0.3 is 10.6 Å². The van der Waals surface area contributed by atoms with Crippen molar-refractivity contribution in [2.24, 2.45) is 0 Å². The second-order valence-electron chi connectivity index (χ2n) is 6.28. The molecular formula is C20H27N3. The summed E-state index contributed by atoms with van der Waals surface area (Å²) in [6.07, 6.45) is 2.50. The summed E-state index contributed by atoms with van der Waals surface area (Å²) in [4.78, 5) is 2.57. The number of hydrogen-bond acceptors (Lipinski definition) is 3. The average molecular weight is 309 g/mol. The zero-order chi connectivity index (χ0) is 15.7. The number of nitrogens with zero attached hydrogens (tertiary/aromatic N) is 1.